The first kappa shape index (κ1) is 16.2. The summed E-state index contributed by atoms with van der Waals surface area (Å²) >= 11 is 0. The van der Waals surface area contributed by atoms with Gasteiger partial charge < -0.3 is 5.32 Å². The second-order valence-corrected chi connectivity index (χ2v) is 7.87. The minimum atomic E-state index is -4.06. The number of hydrogen-bond donors (Lipinski definition) is 1. The highest BCUT2D eigenvalue weighted by Gasteiger charge is 2.17. The smallest absolute Gasteiger partial charge is 0.261 e. The summed E-state index contributed by atoms with van der Waals surface area (Å²) in [5, 5.41) is 2.69. The Labute approximate surface area is 128 Å². The average Bonchev–Trinajstić information content (AvgIpc) is 2.90. The van der Waals surface area contributed by atoms with Crippen LogP contribution in [-0.4, -0.2) is 20.9 Å². The average molecular weight is 334 g/mol. The standard InChI is InChI=1S/C14H17ClFNO3S/c15-21(19,20)13-8-11(7-12(16)9-13)14(18)17-6-5-10-3-1-2-4-10/h7-10H,1-6H2,(H,17,18). The Bertz CT molecular complexity index is 627. The fraction of sp³-hybridized carbons (Fsp3) is 0.500. The van der Waals surface area contributed by atoms with E-state index in [-0.39, 0.29) is 5.56 Å². The molecular formula is C14H17ClFNO3S. The number of rotatable bonds is 5. The SMILES string of the molecule is O=C(NCCC1CCCC1)c1cc(F)cc(S(=O)(=O)Cl)c1. The van der Waals surface area contributed by atoms with Crippen LogP contribution in [0.15, 0.2) is 23.1 Å². The number of carbonyl (C=O) groups excluding carboxylic acids is 1. The molecule has 116 valence electrons. The Hall–Kier alpha value is -1.14. The van der Waals surface area contributed by atoms with Crippen molar-refractivity contribution in [1.82, 2.24) is 5.32 Å². The van der Waals surface area contributed by atoms with Crippen molar-refractivity contribution in [3.63, 3.8) is 0 Å². The number of halogens is 2. The maximum absolute atomic E-state index is 13.4. The first-order valence-electron chi connectivity index (χ1n) is 6.90. The molecule has 1 aromatic rings. The normalized spacial score (nSPS) is 16.1. The van der Waals surface area contributed by atoms with Gasteiger partial charge in [-0.1, -0.05) is 25.7 Å². The largest absolute Gasteiger partial charge is 0.352 e. The summed E-state index contributed by atoms with van der Waals surface area (Å²) in [6.45, 7) is 0.503. The van der Waals surface area contributed by atoms with Crippen molar-refractivity contribution in [3.05, 3.63) is 29.6 Å². The predicted octanol–water partition coefficient (Wildman–Crippen LogP) is 3.06. The van der Waals surface area contributed by atoms with Gasteiger partial charge in [0, 0.05) is 22.8 Å². The highest BCUT2D eigenvalue weighted by atomic mass is 35.7. The van der Waals surface area contributed by atoms with Crippen molar-refractivity contribution in [2.24, 2.45) is 5.92 Å². The Morgan fingerprint density at radius 3 is 2.57 bits per heavy atom. The lowest BCUT2D eigenvalue weighted by Gasteiger charge is -2.10. The van der Waals surface area contributed by atoms with Gasteiger partial charge in [0.15, 0.2) is 0 Å². The van der Waals surface area contributed by atoms with E-state index in [0.717, 1.165) is 24.6 Å². The van der Waals surface area contributed by atoms with Crippen LogP contribution in [-0.2, 0) is 9.05 Å². The van der Waals surface area contributed by atoms with E-state index in [4.69, 9.17) is 10.7 Å². The molecule has 0 spiro atoms. The van der Waals surface area contributed by atoms with Gasteiger partial charge in [0.2, 0.25) is 0 Å². The first-order chi connectivity index (χ1) is 9.86. The number of carbonyl (C=O) groups is 1. The zero-order valence-electron chi connectivity index (χ0n) is 11.4. The molecular weight excluding hydrogens is 317 g/mol. The molecule has 1 amide bonds. The van der Waals surface area contributed by atoms with Gasteiger partial charge in [0.1, 0.15) is 5.82 Å². The lowest BCUT2D eigenvalue weighted by molar-refractivity contribution is 0.0950. The molecule has 1 saturated carbocycles. The highest BCUT2D eigenvalue weighted by Crippen LogP contribution is 2.27. The van der Waals surface area contributed by atoms with Crippen LogP contribution in [0.1, 0.15) is 42.5 Å². The topological polar surface area (TPSA) is 63.2 Å². The molecule has 21 heavy (non-hydrogen) atoms. The molecule has 1 aliphatic carbocycles. The molecule has 7 heteroatoms. The van der Waals surface area contributed by atoms with Crippen LogP contribution in [0.4, 0.5) is 4.39 Å². The summed E-state index contributed by atoms with van der Waals surface area (Å²) in [5.41, 5.74) is -0.0411. The Balaban J connectivity index is 2.00. The number of hydrogen-bond acceptors (Lipinski definition) is 3. The molecule has 0 atom stereocenters. The van der Waals surface area contributed by atoms with E-state index in [2.05, 4.69) is 5.32 Å². The van der Waals surface area contributed by atoms with Gasteiger partial charge in [-0.3, -0.25) is 4.79 Å². The van der Waals surface area contributed by atoms with Gasteiger partial charge >= 0.3 is 0 Å². The fourth-order valence-corrected chi connectivity index (χ4v) is 3.41. The van der Waals surface area contributed by atoms with Crippen molar-refractivity contribution in [3.8, 4) is 0 Å². The third-order valence-corrected chi connectivity index (χ3v) is 5.06. The third-order valence-electron chi connectivity index (χ3n) is 3.73. The molecule has 1 fully saturated rings. The Morgan fingerprint density at radius 2 is 1.95 bits per heavy atom. The quantitative estimate of drug-likeness (QED) is 0.842. The number of amides is 1. The van der Waals surface area contributed by atoms with Crippen LogP contribution in [0, 0.1) is 11.7 Å². The zero-order valence-corrected chi connectivity index (χ0v) is 13.0. The Kier molecular flexibility index (Phi) is 5.22. The molecule has 0 heterocycles. The van der Waals surface area contributed by atoms with E-state index in [9.17, 15) is 17.6 Å². The fourth-order valence-electron chi connectivity index (χ4n) is 2.63. The van der Waals surface area contributed by atoms with E-state index in [1.165, 1.54) is 25.7 Å². The molecule has 0 aliphatic heterocycles. The molecule has 4 nitrogen and oxygen atoms in total. The molecule has 0 aromatic heterocycles. The molecule has 1 aromatic carbocycles. The molecule has 0 saturated heterocycles. The molecule has 0 bridgehead atoms. The van der Waals surface area contributed by atoms with Gasteiger partial charge in [-0.05, 0) is 30.5 Å². The van der Waals surface area contributed by atoms with Gasteiger partial charge in [0.05, 0.1) is 4.90 Å². The summed E-state index contributed by atoms with van der Waals surface area (Å²) in [7, 11) is 1.11. The number of nitrogens with one attached hydrogen (secondary N) is 1. The minimum Gasteiger partial charge on any atom is -0.352 e. The van der Waals surface area contributed by atoms with Gasteiger partial charge in [-0.25, -0.2) is 12.8 Å². The van der Waals surface area contributed by atoms with Crippen molar-refractivity contribution in [2.75, 3.05) is 6.54 Å². The van der Waals surface area contributed by atoms with E-state index in [1.807, 2.05) is 0 Å². The van der Waals surface area contributed by atoms with Crippen LogP contribution in [0.2, 0.25) is 0 Å². The summed E-state index contributed by atoms with van der Waals surface area (Å²) in [6, 6.07) is 2.87. The Morgan fingerprint density at radius 1 is 1.29 bits per heavy atom. The molecule has 0 radical (unpaired) electrons. The van der Waals surface area contributed by atoms with E-state index in [1.54, 1.807) is 0 Å². The van der Waals surface area contributed by atoms with E-state index >= 15 is 0 Å². The van der Waals surface area contributed by atoms with Gasteiger partial charge in [0.25, 0.3) is 15.0 Å². The monoisotopic (exact) mass is 333 g/mol. The van der Waals surface area contributed by atoms with Crippen LogP contribution in [0.5, 0.6) is 0 Å². The predicted molar refractivity (Wildman–Crippen MR) is 78.3 cm³/mol. The summed E-state index contributed by atoms with van der Waals surface area (Å²) in [5.74, 6) is -0.664. The van der Waals surface area contributed by atoms with Crippen LogP contribution in [0.3, 0.4) is 0 Å². The van der Waals surface area contributed by atoms with Crippen molar-refractivity contribution >= 4 is 25.6 Å². The third kappa shape index (κ3) is 4.68. The zero-order chi connectivity index (χ0) is 15.5. The summed E-state index contributed by atoms with van der Waals surface area (Å²) in [6.07, 6.45) is 5.73. The summed E-state index contributed by atoms with van der Waals surface area (Å²) < 4.78 is 35.8. The van der Waals surface area contributed by atoms with Gasteiger partial charge in [-0.2, -0.15) is 0 Å². The molecule has 0 unspecified atom stereocenters. The van der Waals surface area contributed by atoms with Gasteiger partial charge in [-0.15, -0.1) is 0 Å². The second kappa shape index (κ2) is 6.75. The molecule has 1 aliphatic rings. The molecule has 1 N–H and O–H groups in total. The lowest BCUT2D eigenvalue weighted by Crippen LogP contribution is -2.26. The van der Waals surface area contributed by atoms with Crippen molar-refractivity contribution < 1.29 is 17.6 Å². The van der Waals surface area contributed by atoms with Crippen molar-refractivity contribution in [1.29, 1.82) is 0 Å². The van der Waals surface area contributed by atoms with E-state index in [0.29, 0.717) is 12.5 Å². The number of benzene rings is 1. The highest BCUT2D eigenvalue weighted by molar-refractivity contribution is 8.13. The van der Waals surface area contributed by atoms with Crippen LogP contribution >= 0.6 is 10.7 Å². The lowest BCUT2D eigenvalue weighted by atomic mass is 10.0. The first-order valence-corrected chi connectivity index (χ1v) is 9.20. The maximum atomic E-state index is 13.4. The minimum absolute atomic E-state index is 0.0411. The van der Waals surface area contributed by atoms with Crippen LogP contribution in [0.25, 0.3) is 0 Å². The maximum Gasteiger partial charge on any atom is 0.261 e. The second-order valence-electron chi connectivity index (χ2n) is 5.31. The van der Waals surface area contributed by atoms with E-state index < -0.39 is 25.7 Å². The van der Waals surface area contributed by atoms with Crippen LogP contribution < -0.4 is 5.32 Å². The molecule has 2 rings (SSSR count). The van der Waals surface area contributed by atoms with Crippen molar-refractivity contribution in [2.45, 2.75) is 37.0 Å². The summed E-state index contributed by atoms with van der Waals surface area (Å²) in [4.78, 5) is 11.5.